The van der Waals surface area contributed by atoms with Crippen molar-refractivity contribution in [3.8, 4) is 0 Å². The minimum atomic E-state index is -1.09. The molecule has 0 saturated heterocycles. The van der Waals surface area contributed by atoms with Gasteiger partial charge in [0.2, 0.25) is 5.91 Å². The number of amides is 1. The lowest BCUT2D eigenvalue weighted by Gasteiger charge is -2.21. The molecule has 0 radical (unpaired) electrons. The summed E-state index contributed by atoms with van der Waals surface area (Å²) in [7, 11) is 0. The molecule has 268 valence electrons. The highest BCUT2D eigenvalue weighted by molar-refractivity contribution is 5.80. The Balaban J connectivity index is 3.62. The van der Waals surface area contributed by atoms with Gasteiger partial charge >= 0.3 is 0 Å². The van der Waals surface area contributed by atoms with Crippen molar-refractivity contribution in [2.75, 3.05) is 6.61 Å². The van der Waals surface area contributed by atoms with Crippen LogP contribution in [0.1, 0.15) is 213 Å². The average molecular weight is 638 g/mol. The SMILES string of the molecule is CCCCCCCCCCCCCCCCCCCCCC/C=C/C(O)C(CO)NC(=O)C(O)CCCCCCCCCCC. The van der Waals surface area contributed by atoms with Crippen molar-refractivity contribution in [3.63, 3.8) is 0 Å². The van der Waals surface area contributed by atoms with Crippen LogP contribution in [0.25, 0.3) is 0 Å². The third kappa shape index (κ3) is 31.5. The fraction of sp³-hybridized carbons (Fsp3) is 0.925. The molecule has 0 aromatic heterocycles. The van der Waals surface area contributed by atoms with Crippen molar-refractivity contribution >= 4 is 5.91 Å². The molecule has 0 heterocycles. The topological polar surface area (TPSA) is 89.8 Å². The van der Waals surface area contributed by atoms with Gasteiger partial charge in [-0.05, 0) is 19.3 Å². The van der Waals surface area contributed by atoms with E-state index in [1.165, 1.54) is 161 Å². The van der Waals surface area contributed by atoms with Crippen molar-refractivity contribution in [1.82, 2.24) is 5.32 Å². The molecule has 5 nitrogen and oxygen atoms in total. The summed E-state index contributed by atoms with van der Waals surface area (Å²) in [5.74, 6) is -0.504. The van der Waals surface area contributed by atoms with Crippen LogP contribution < -0.4 is 5.32 Å². The van der Waals surface area contributed by atoms with E-state index in [1.54, 1.807) is 6.08 Å². The summed E-state index contributed by atoms with van der Waals surface area (Å²) in [4.78, 5) is 12.3. The summed E-state index contributed by atoms with van der Waals surface area (Å²) in [6.07, 6.45) is 41.0. The highest BCUT2D eigenvalue weighted by Gasteiger charge is 2.22. The minimum Gasteiger partial charge on any atom is -0.394 e. The number of hydrogen-bond acceptors (Lipinski definition) is 4. The van der Waals surface area contributed by atoms with Crippen LogP contribution in [0.4, 0.5) is 0 Å². The van der Waals surface area contributed by atoms with Crippen LogP contribution in [0, 0.1) is 0 Å². The molecular formula is C40H79NO4. The van der Waals surface area contributed by atoms with E-state index in [0.29, 0.717) is 6.42 Å². The summed E-state index contributed by atoms with van der Waals surface area (Å²) in [6.45, 7) is 4.15. The van der Waals surface area contributed by atoms with Gasteiger partial charge in [0.15, 0.2) is 0 Å². The molecule has 0 aromatic rings. The number of rotatable bonds is 36. The Kier molecular flexibility index (Phi) is 35.2. The van der Waals surface area contributed by atoms with Gasteiger partial charge in [-0.1, -0.05) is 206 Å². The summed E-state index contributed by atoms with van der Waals surface area (Å²) >= 11 is 0. The van der Waals surface area contributed by atoms with E-state index >= 15 is 0 Å². The monoisotopic (exact) mass is 638 g/mol. The number of carbonyl (C=O) groups excluding carboxylic acids is 1. The van der Waals surface area contributed by atoms with Gasteiger partial charge in [-0.15, -0.1) is 0 Å². The molecule has 0 aliphatic heterocycles. The Morgan fingerprint density at radius 2 is 0.867 bits per heavy atom. The molecule has 0 spiro atoms. The molecule has 3 unspecified atom stereocenters. The summed E-state index contributed by atoms with van der Waals surface area (Å²) in [6, 6.07) is -0.790. The normalized spacial score (nSPS) is 13.8. The van der Waals surface area contributed by atoms with Gasteiger partial charge in [-0.25, -0.2) is 0 Å². The third-order valence-electron chi connectivity index (χ3n) is 9.38. The van der Waals surface area contributed by atoms with Gasteiger partial charge in [0.1, 0.15) is 6.10 Å². The number of hydrogen-bond donors (Lipinski definition) is 4. The smallest absolute Gasteiger partial charge is 0.249 e. The van der Waals surface area contributed by atoms with Crippen LogP contribution in [0.15, 0.2) is 12.2 Å². The van der Waals surface area contributed by atoms with E-state index in [4.69, 9.17) is 0 Å². The molecule has 45 heavy (non-hydrogen) atoms. The first kappa shape index (κ1) is 44.1. The van der Waals surface area contributed by atoms with E-state index in [9.17, 15) is 20.1 Å². The number of aliphatic hydroxyl groups is 3. The average Bonchev–Trinajstić information content (AvgIpc) is 3.04. The van der Waals surface area contributed by atoms with Gasteiger partial charge in [0.25, 0.3) is 0 Å². The van der Waals surface area contributed by atoms with Gasteiger partial charge in [-0.3, -0.25) is 4.79 Å². The number of allylic oxidation sites excluding steroid dienone is 1. The molecule has 0 aromatic carbocycles. The van der Waals surface area contributed by atoms with E-state index in [2.05, 4.69) is 19.2 Å². The van der Waals surface area contributed by atoms with E-state index in [-0.39, 0.29) is 6.61 Å². The summed E-state index contributed by atoms with van der Waals surface area (Å²) in [5, 5.41) is 32.9. The number of unbranched alkanes of at least 4 members (excludes halogenated alkanes) is 28. The fourth-order valence-corrected chi connectivity index (χ4v) is 6.18. The van der Waals surface area contributed by atoms with Crippen molar-refractivity contribution in [2.24, 2.45) is 0 Å². The minimum absolute atomic E-state index is 0.360. The second-order valence-corrected chi connectivity index (χ2v) is 13.9. The lowest BCUT2D eigenvalue weighted by molar-refractivity contribution is -0.131. The standard InChI is InChI=1S/C40H79NO4/c1-3-5-7-9-11-13-14-15-16-17-18-19-20-21-22-23-24-25-27-28-30-32-34-38(43)37(36-42)41-40(45)39(44)35-33-31-29-26-12-10-8-6-4-2/h32,34,37-39,42-44H,3-31,33,35-36H2,1-2H3,(H,41,45)/b34-32+. The van der Waals surface area contributed by atoms with Crippen LogP contribution in [-0.2, 0) is 4.79 Å². The van der Waals surface area contributed by atoms with Gasteiger partial charge in [0.05, 0.1) is 18.8 Å². The molecule has 0 aliphatic rings. The number of carbonyl (C=O) groups is 1. The van der Waals surface area contributed by atoms with Gasteiger partial charge in [-0.2, -0.15) is 0 Å². The lowest BCUT2D eigenvalue weighted by atomic mass is 10.0. The molecule has 3 atom stereocenters. The van der Waals surface area contributed by atoms with Crippen LogP contribution in [0.2, 0.25) is 0 Å². The lowest BCUT2D eigenvalue weighted by Crippen LogP contribution is -2.48. The maximum Gasteiger partial charge on any atom is 0.249 e. The van der Waals surface area contributed by atoms with Crippen molar-refractivity contribution < 1.29 is 20.1 Å². The zero-order chi connectivity index (χ0) is 33.1. The molecule has 0 fully saturated rings. The summed E-state index contributed by atoms with van der Waals surface area (Å²) in [5.41, 5.74) is 0. The van der Waals surface area contributed by atoms with E-state index in [1.807, 2.05) is 6.08 Å². The van der Waals surface area contributed by atoms with Crippen molar-refractivity contribution in [3.05, 3.63) is 12.2 Å². The first-order valence-corrected chi connectivity index (χ1v) is 20.0. The number of nitrogens with one attached hydrogen (secondary N) is 1. The quantitative estimate of drug-likeness (QED) is 0.0406. The Morgan fingerprint density at radius 3 is 1.22 bits per heavy atom. The maximum atomic E-state index is 12.3. The second-order valence-electron chi connectivity index (χ2n) is 13.9. The molecular weight excluding hydrogens is 558 g/mol. The van der Waals surface area contributed by atoms with E-state index in [0.717, 1.165) is 32.1 Å². The zero-order valence-corrected chi connectivity index (χ0v) is 30.3. The highest BCUT2D eigenvalue weighted by atomic mass is 16.3. The predicted octanol–water partition coefficient (Wildman–Crippen LogP) is 10.9. The molecule has 0 bridgehead atoms. The fourth-order valence-electron chi connectivity index (χ4n) is 6.18. The first-order valence-electron chi connectivity index (χ1n) is 20.0. The van der Waals surface area contributed by atoms with Crippen molar-refractivity contribution in [2.45, 2.75) is 231 Å². The van der Waals surface area contributed by atoms with Crippen molar-refractivity contribution in [1.29, 1.82) is 0 Å². The van der Waals surface area contributed by atoms with E-state index < -0.39 is 24.2 Å². The number of aliphatic hydroxyl groups excluding tert-OH is 3. The maximum absolute atomic E-state index is 12.3. The molecule has 1 amide bonds. The Labute approximate surface area is 280 Å². The zero-order valence-electron chi connectivity index (χ0n) is 30.3. The summed E-state index contributed by atoms with van der Waals surface area (Å²) < 4.78 is 0. The largest absolute Gasteiger partial charge is 0.394 e. The molecule has 4 N–H and O–H groups in total. The Hall–Kier alpha value is -0.910. The van der Waals surface area contributed by atoms with Gasteiger partial charge < -0.3 is 20.6 Å². The highest BCUT2D eigenvalue weighted by Crippen LogP contribution is 2.16. The second kappa shape index (κ2) is 35.9. The van der Waals surface area contributed by atoms with Crippen LogP contribution in [0.3, 0.4) is 0 Å². The van der Waals surface area contributed by atoms with Crippen LogP contribution in [0.5, 0.6) is 0 Å². The van der Waals surface area contributed by atoms with Gasteiger partial charge in [0, 0.05) is 0 Å². The molecule has 0 saturated carbocycles. The molecule has 5 heteroatoms. The molecule has 0 rings (SSSR count). The Bertz CT molecular complexity index is 625. The predicted molar refractivity (Wildman–Crippen MR) is 195 cm³/mol. The third-order valence-corrected chi connectivity index (χ3v) is 9.38. The first-order chi connectivity index (χ1) is 22.1. The van der Waals surface area contributed by atoms with Crippen LogP contribution >= 0.6 is 0 Å². The molecule has 0 aliphatic carbocycles. The Morgan fingerprint density at radius 1 is 0.533 bits per heavy atom. The van der Waals surface area contributed by atoms with Crippen LogP contribution in [-0.4, -0.2) is 46.1 Å².